The van der Waals surface area contributed by atoms with Crippen LogP contribution < -0.4 is 16.8 Å². The molecule has 0 bridgehead atoms. The molecule has 0 aromatic rings. The topological polar surface area (TPSA) is 88.8 Å². The fraction of sp³-hybridized carbons (Fsp3) is 0.385. The highest BCUT2D eigenvalue weighted by Gasteiger charge is 2.22. The van der Waals surface area contributed by atoms with E-state index in [9.17, 15) is 0 Å². The fourth-order valence-electron chi connectivity index (χ4n) is 1.43. The summed E-state index contributed by atoms with van der Waals surface area (Å²) >= 11 is 0. The third kappa shape index (κ3) is 3.23. The smallest absolute Gasteiger partial charge is 0.165 e. The molecule has 1 aliphatic rings. The average molecular weight is 247 g/mol. The van der Waals surface area contributed by atoms with E-state index >= 15 is 0 Å². The molecule has 1 aliphatic heterocycles. The van der Waals surface area contributed by atoms with Crippen LogP contribution in [-0.2, 0) is 0 Å². The highest BCUT2D eigenvalue weighted by atomic mass is 15.0. The fourth-order valence-corrected chi connectivity index (χ4v) is 1.43. The maximum atomic E-state index is 5.87. The molecule has 98 valence electrons. The number of rotatable bonds is 2. The molecular formula is C13H21N5. The molecule has 5 heteroatoms. The zero-order valence-corrected chi connectivity index (χ0v) is 11.4. The first kappa shape index (κ1) is 14.0. The van der Waals surface area contributed by atoms with Crippen LogP contribution in [0.3, 0.4) is 0 Å². The molecule has 18 heavy (non-hydrogen) atoms. The van der Waals surface area contributed by atoms with E-state index in [1.165, 1.54) is 0 Å². The van der Waals surface area contributed by atoms with Crippen molar-refractivity contribution in [2.24, 2.45) is 26.9 Å². The Bertz CT molecular complexity index is 472. The van der Waals surface area contributed by atoms with Crippen molar-refractivity contribution in [2.75, 3.05) is 7.05 Å². The first-order chi connectivity index (χ1) is 8.25. The molecule has 0 aromatic heterocycles. The van der Waals surface area contributed by atoms with E-state index < -0.39 is 0 Å². The molecule has 0 aromatic carbocycles. The lowest BCUT2D eigenvalue weighted by atomic mass is 9.88. The number of nitrogens with one attached hydrogen (secondary N) is 1. The molecular weight excluding hydrogens is 226 g/mol. The van der Waals surface area contributed by atoms with Gasteiger partial charge in [0, 0.05) is 18.2 Å². The van der Waals surface area contributed by atoms with Gasteiger partial charge in [0.25, 0.3) is 0 Å². The Hall–Kier alpha value is -2.04. The summed E-state index contributed by atoms with van der Waals surface area (Å²) in [7, 11) is 1.74. The van der Waals surface area contributed by atoms with Gasteiger partial charge in [-0.1, -0.05) is 27.4 Å². The Morgan fingerprint density at radius 3 is 2.39 bits per heavy atom. The summed E-state index contributed by atoms with van der Waals surface area (Å²) in [5.41, 5.74) is 13.0. The molecule has 0 radical (unpaired) electrons. The number of amidine groups is 1. The van der Waals surface area contributed by atoms with Gasteiger partial charge in [0.15, 0.2) is 5.84 Å². The van der Waals surface area contributed by atoms with Gasteiger partial charge in [-0.25, -0.2) is 9.98 Å². The van der Waals surface area contributed by atoms with Crippen LogP contribution in [0.4, 0.5) is 0 Å². The molecule has 5 nitrogen and oxygen atoms in total. The van der Waals surface area contributed by atoms with Gasteiger partial charge in [-0.15, -0.1) is 0 Å². The van der Waals surface area contributed by atoms with Crippen LogP contribution in [0.1, 0.15) is 20.8 Å². The van der Waals surface area contributed by atoms with Crippen LogP contribution in [0.15, 0.2) is 45.9 Å². The number of dihydropyridines is 1. The van der Waals surface area contributed by atoms with Crippen molar-refractivity contribution in [3.63, 3.8) is 0 Å². The molecule has 5 N–H and O–H groups in total. The highest BCUT2D eigenvalue weighted by Crippen LogP contribution is 2.22. The first-order valence-corrected chi connectivity index (χ1v) is 5.74. The molecule has 0 aliphatic carbocycles. The maximum Gasteiger partial charge on any atom is 0.165 e. The predicted octanol–water partition coefficient (Wildman–Crippen LogP) is 1.26. The average Bonchev–Trinajstić information content (AvgIpc) is 2.26. The number of hydrogen-bond acceptors (Lipinski definition) is 4. The molecule has 0 saturated heterocycles. The number of allylic oxidation sites excluding steroid dienone is 1. The normalized spacial score (nSPS) is 20.7. The van der Waals surface area contributed by atoms with Crippen molar-refractivity contribution in [2.45, 2.75) is 20.8 Å². The van der Waals surface area contributed by atoms with Crippen molar-refractivity contribution >= 4 is 11.5 Å². The minimum absolute atomic E-state index is 0.0624. The van der Waals surface area contributed by atoms with Gasteiger partial charge in [-0.05, 0) is 12.2 Å². The Kier molecular flexibility index (Phi) is 3.96. The minimum Gasteiger partial charge on any atom is -0.385 e. The number of nitrogens with zero attached hydrogens (tertiary/aromatic N) is 2. The van der Waals surface area contributed by atoms with Crippen LogP contribution in [0, 0.1) is 5.41 Å². The van der Waals surface area contributed by atoms with Crippen molar-refractivity contribution in [1.82, 2.24) is 5.32 Å². The van der Waals surface area contributed by atoms with E-state index in [0.717, 1.165) is 11.3 Å². The molecule has 0 amide bonds. The van der Waals surface area contributed by atoms with Gasteiger partial charge in [-0.2, -0.15) is 0 Å². The molecule has 0 unspecified atom stereocenters. The second-order valence-electron chi connectivity index (χ2n) is 5.08. The largest absolute Gasteiger partial charge is 0.385 e. The summed E-state index contributed by atoms with van der Waals surface area (Å²) in [6.45, 7) is 9.82. The lowest BCUT2D eigenvalue weighted by Crippen LogP contribution is -2.26. The highest BCUT2D eigenvalue weighted by molar-refractivity contribution is 6.16. The van der Waals surface area contributed by atoms with E-state index in [2.05, 4.69) is 42.7 Å². The van der Waals surface area contributed by atoms with Gasteiger partial charge in [-0.3, -0.25) is 0 Å². The monoisotopic (exact) mass is 247 g/mol. The maximum absolute atomic E-state index is 5.87. The van der Waals surface area contributed by atoms with Gasteiger partial charge in [0.05, 0.1) is 5.57 Å². The van der Waals surface area contributed by atoms with E-state index in [1.54, 1.807) is 7.05 Å². The zero-order chi connectivity index (χ0) is 13.9. The first-order valence-electron chi connectivity index (χ1n) is 5.74. The standard InChI is InChI=1S/C13H21N5/c1-8(14)17-12-9(11(15)16-5)6-7-10(18-12)13(2,3)4/h6-7,16H,1,14-15H2,2-5H3/b11-9+,17-12+. The second kappa shape index (κ2) is 5.08. The van der Waals surface area contributed by atoms with E-state index in [4.69, 9.17) is 11.5 Å². The summed E-state index contributed by atoms with van der Waals surface area (Å²) < 4.78 is 0. The Morgan fingerprint density at radius 1 is 1.33 bits per heavy atom. The van der Waals surface area contributed by atoms with Crippen molar-refractivity contribution in [1.29, 1.82) is 0 Å². The number of aliphatic imine (C=N–C) groups is 2. The summed E-state index contributed by atoms with van der Waals surface area (Å²) in [5, 5.41) is 2.88. The SMILES string of the molecule is C=C(N)/N=C1/N=C(C(C)(C)C)C=C/C1=C(/N)NC. The summed E-state index contributed by atoms with van der Waals surface area (Å²) in [6.07, 6.45) is 3.83. The lowest BCUT2D eigenvalue weighted by Gasteiger charge is -2.22. The third-order valence-corrected chi connectivity index (χ3v) is 2.45. The van der Waals surface area contributed by atoms with Crippen LogP contribution in [0.5, 0.6) is 0 Å². The summed E-state index contributed by atoms with van der Waals surface area (Å²) in [4.78, 5) is 8.64. The van der Waals surface area contributed by atoms with Crippen LogP contribution in [-0.4, -0.2) is 18.6 Å². The molecule has 0 saturated carbocycles. The van der Waals surface area contributed by atoms with Crippen LogP contribution in [0.25, 0.3) is 0 Å². The number of hydrogen-bond donors (Lipinski definition) is 3. The van der Waals surface area contributed by atoms with Crippen molar-refractivity contribution < 1.29 is 0 Å². The molecule has 0 atom stereocenters. The van der Waals surface area contributed by atoms with Crippen molar-refractivity contribution in [3.05, 3.63) is 35.9 Å². The summed E-state index contributed by atoms with van der Waals surface area (Å²) in [5.74, 6) is 1.20. The van der Waals surface area contributed by atoms with Gasteiger partial charge < -0.3 is 16.8 Å². The lowest BCUT2D eigenvalue weighted by molar-refractivity contribution is 0.594. The number of nitrogens with two attached hydrogens (primary N) is 2. The molecule has 0 spiro atoms. The molecule has 1 rings (SSSR count). The quantitative estimate of drug-likeness (QED) is 0.686. The van der Waals surface area contributed by atoms with Crippen LogP contribution in [0.2, 0.25) is 0 Å². The van der Waals surface area contributed by atoms with Gasteiger partial charge >= 0.3 is 0 Å². The Labute approximate surface area is 108 Å². The molecule has 1 heterocycles. The van der Waals surface area contributed by atoms with Gasteiger partial charge in [0.2, 0.25) is 0 Å². The van der Waals surface area contributed by atoms with E-state index in [0.29, 0.717) is 11.7 Å². The zero-order valence-electron chi connectivity index (χ0n) is 11.4. The summed E-state index contributed by atoms with van der Waals surface area (Å²) in [6, 6.07) is 0. The Balaban J connectivity index is 3.31. The van der Waals surface area contributed by atoms with Crippen LogP contribution >= 0.6 is 0 Å². The molecule has 0 fully saturated rings. The predicted molar refractivity (Wildman–Crippen MR) is 77.1 cm³/mol. The van der Waals surface area contributed by atoms with E-state index in [-0.39, 0.29) is 11.2 Å². The minimum atomic E-state index is -0.0624. The second-order valence-corrected chi connectivity index (χ2v) is 5.08. The third-order valence-electron chi connectivity index (χ3n) is 2.45. The van der Waals surface area contributed by atoms with Crippen molar-refractivity contribution in [3.8, 4) is 0 Å². The van der Waals surface area contributed by atoms with Gasteiger partial charge in [0.1, 0.15) is 11.6 Å². The Morgan fingerprint density at radius 2 is 1.94 bits per heavy atom. The van der Waals surface area contributed by atoms with E-state index in [1.807, 2.05) is 12.2 Å².